The van der Waals surface area contributed by atoms with Gasteiger partial charge in [0.25, 0.3) is 0 Å². The predicted octanol–water partition coefficient (Wildman–Crippen LogP) is 5.30. The maximum atomic E-state index is 9.42. The number of hydrogen-bond donors (Lipinski definition) is 1. The molecule has 0 radical (unpaired) electrons. The lowest BCUT2D eigenvalue weighted by atomic mass is 9.96. The molecule has 2 aromatic rings. The van der Waals surface area contributed by atoms with Crippen LogP contribution in [0.2, 0.25) is 4.34 Å². The van der Waals surface area contributed by atoms with Gasteiger partial charge in [-0.25, -0.2) is 0 Å². The monoisotopic (exact) mass is 320 g/mol. The molecule has 5 heteroatoms. The highest BCUT2D eigenvalue weighted by Gasteiger charge is 2.21. The summed E-state index contributed by atoms with van der Waals surface area (Å²) >= 11 is 9.13. The molecule has 0 saturated carbocycles. The number of aryl methyl sites for hydroxylation is 1. The second-order valence-electron chi connectivity index (χ2n) is 4.73. The molecule has 0 bridgehead atoms. The quantitative estimate of drug-likeness (QED) is 0.833. The Morgan fingerprint density at radius 3 is 2.80 bits per heavy atom. The van der Waals surface area contributed by atoms with Crippen molar-refractivity contribution in [2.24, 2.45) is 0 Å². The average molecular weight is 321 g/mol. The lowest BCUT2D eigenvalue weighted by Crippen LogP contribution is -2.00. The normalized spacial score (nSPS) is 13.6. The Hall–Kier alpha value is -1.28. The molecule has 1 aliphatic carbocycles. The molecule has 20 heavy (non-hydrogen) atoms. The van der Waals surface area contributed by atoms with Gasteiger partial charge in [-0.15, -0.1) is 22.7 Å². The zero-order valence-electron chi connectivity index (χ0n) is 10.8. The Balaban J connectivity index is 1.89. The first-order chi connectivity index (χ1) is 9.69. The number of rotatable bonds is 3. The van der Waals surface area contributed by atoms with Gasteiger partial charge in [0.1, 0.15) is 11.1 Å². The minimum Gasteiger partial charge on any atom is -0.345 e. The van der Waals surface area contributed by atoms with Crippen LogP contribution in [-0.4, -0.2) is 0 Å². The van der Waals surface area contributed by atoms with Gasteiger partial charge in [0.2, 0.25) is 0 Å². The van der Waals surface area contributed by atoms with E-state index in [1.807, 2.05) is 12.1 Å². The summed E-state index contributed by atoms with van der Waals surface area (Å²) in [5, 5.41) is 13.6. The SMILES string of the molecule is C=C(Nc1sc2c(c1C#N)CCCC2)c1ccc(Cl)s1. The van der Waals surface area contributed by atoms with Crippen molar-refractivity contribution in [3.8, 4) is 6.07 Å². The number of fused-ring (bicyclic) bond motifs is 1. The first kappa shape index (κ1) is 13.7. The molecule has 2 aromatic heterocycles. The molecule has 2 heterocycles. The van der Waals surface area contributed by atoms with Crippen LogP contribution in [0, 0.1) is 11.3 Å². The van der Waals surface area contributed by atoms with E-state index in [2.05, 4.69) is 18.0 Å². The Bertz CT molecular complexity index is 706. The highest BCUT2D eigenvalue weighted by atomic mass is 35.5. The summed E-state index contributed by atoms with van der Waals surface area (Å²) in [4.78, 5) is 2.36. The number of anilines is 1. The second-order valence-corrected chi connectivity index (χ2v) is 7.55. The molecule has 1 N–H and O–H groups in total. The van der Waals surface area contributed by atoms with Crippen molar-refractivity contribution in [2.75, 3.05) is 5.32 Å². The molecule has 0 saturated heterocycles. The molecule has 0 unspecified atom stereocenters. The lowest BCUT2D eigenvalue weighted by Gasteiger charge is -2.09. The van der Waals surface area contributed by atoms with Crippen molar-refractivity contribution in [3.63, 3.8) is 0 Å². The highest BCUT2D eigenvalue weighted by molar-refractivity contribution is 7.18. The number of thiophene rings is 2. The van der Waals surface area contributed by atoms with E-state index < -0.39 is 0 Å². The summed E-state index contributed by atoms with van der Waals surface area (Å²) in [6, 6.07) is 6.16. The second kappa shape index (κ2) is 5.61. The highest BCUT2D eigenvalue weighted by Crippen LogP contribution is 2.39. The smallest absolute Gasteiger partial charge is 0.111 e. The first-order valence-electron chi connectivity index (χ1n) is 6.45. The van der Waals surface area contributed by atoms with Crippen molar-refractivity contribution < 1.29 is 0 Å². The largest absolute Gasteiger partial charge is 0.345 e. The zero-order chi connectivity index (χ0) is 14.1. The fourth-order valence-electron chi connectivity index (χ4n) is 2.45. The van der Waals surface area contributed by atoms with Gasteiger partial charge in [-0.05, 0) is 43.4 Å². The van der Waals surface area contributed by atoms with Crippen molar-refractivity contribution >= 4 is 45.0 Å². The van der Waals surface area contributed by atoms with Gasteiger partial charge in [-0.3, -0.25) is 0 Å². The molecule has 0 atom stereocenters. The molecular formula is C15H13ClN2S2. The van der Waals surface area contributed by atoms with Crippen LogP contribution in [0.3, 0.4) is 0 Å². The summed E-state index contributed by atoms with van der Waals surface area (Å²) in [7, 11) is 0. The van der Waals surface area contributed by atoms with E-state index in [-0.39, 0.29) is 0 Å². The lowest BCUT2D eigenvalue weighted by molar-refractivity contribution is 0.696. The summed E-state index contributed by atoms with van der Waals surface area (Å²) in [5.74, 6) is 0. The zero-order valence-corrected chi connectivity index (χ0v) is 13.2. The Kier molecular flexibility index (Phi) is 3.84. The number of nitrogens with zero attached hydrogens (tertiary/aromatic N) is 1. The van der Waals surface area contributed by atoms with Crippen molar-refractivity contribution in [3.05, 3.63) is 43.9 Å². The van der Waals surface area contributed by atoms with Gasteiger partial charge in [0, 0.05) is 10.6 Å². The van der Waals surface area contributed by atoms with E-state index in [1.54, 1.807) is 11.3 Å². The van der Waals surface area contributed by atoms with Crippen LogP contribution >= 0.6 is 34.3 Å². The van der Waals surface area contributed by atoms with Crippen LogP contribution in [0.15, 0.2) is 18.7 Å². The molecule has 0 aromatic carbocycles. The van der Waals surface area contributed by atoms with Crippen molar-refractivity contribution in [2.45, 2.75) is 25.7 Å². The van der Waals surface area contributed by atoms with Gasteiger partial charge in [-0.1, -0.05) is 18.2 Å². The van der Waals surface area contributed by atoms with Crippen LogP contribution < -0.4 is 5.32 Å². The minimum absolute atomic E-state index is 0.744. The van der Waals surface area contributed by atoms with Crippen LogP contribution in [0.25, 0.3) is 5.70 Å². The minimum atomic E-state index is 0.744. The van der Waals surface area contributed by atoms with E-state index in [1.165, 1.54) is 34.6 Å². The van der Waals surface area contributed by atoms with Crippen LogP contribution in [-0.2, 0) is 12.8 Å². The molecule has 102 valence electrons. The van der Waals surface area contributed by atoms with Gasteiger partial charge in [-0.2, -0.15) is 5.26 Å². The molecule has 0 fully saturated rings. The van der Waals surface area contributed by atoms with Crippen LogP contribution in [0.1, 0.15) is 33.7 Å². The number of hydrogen-bond acceptors (Lipinski definition) is 4. The van der Waals surface area contributed by atoms with E-state index in [0.29, 0.717) is 0 Å². The van der Waals surface area contributed by atoms with E-state index >= 15 is 0 Å². The molecule has 2 nitrogen and oxygen atoms in total. The van der Waals surface area contributed by atoms with Crippen LogP contribution in [0.4, 0.5) is 5.00 Å². The van der Waals surface area contributed by atoms with Gasteiger partial charge in [0.05, 0.1) is 14.8 Å². The summed E-state index contributed by atoms with van der Waals surface area (Å²) in [5.41, 5.74) is 2.84. The topological polar surface area (TPSA) is 35.8 Å². The Labute approximate surface area is 131 Å². The van der Waals surface area contributed by atoms with E-state index in [9.17, 15) is 5.26 Å². The molecule has 0 spiro atoms. The predicted molar refractivity (Wildman–Crippen MR) is 87.7 cm³/mol. The van der Waals surface area contributed by atoms with Crippen LogP contribution in [0.5, 0.6) is 0 Å². The van der Waals surface area contributed by atoms with E-state index in [4.69, 9.17) is 11.6 Å². The average Bonchev–Trinajstić information content (AvgIpc) is 3.01. The Morgan fingerprint density at radius 1 is 1.30 bits per heavy atom. The van der Waals surface area contributed by atoms with Gasteiger partial charge >= 0.3 is 0 Å². The summed E-state index contributed by atoms with van der Waals surface area (Å²) in [6.45, 7) is 4.05. The standard InChI is InChI=1S/C15H13ClN2S2/c1-9(12-6-7-14(16)19-12)18-15-11(8-17)10-4-2-3-5-13(10)20-15/h6-7,18H,1-5H2. The molecule has 3 rings (SSSR count). The maximum Gasteiger partial charge on any atom is 0.111 e. The number of halogens is 1. The maximum absolute atomic E-state index is 9.42. The third-order valence-electron chi connectivity index (χ3n) is 3.42. The Morgan fingerprint density at radius 2 is 2.10 bits per heavy atom. The molecule has 0 aliphatic heterocycles. The molecule has 1 aliphatic rings. The summed E-state index contributed by atoms with van der Waals surface area (Å²) in [6.07, 6.45) is 4.51. The van der Waals surface area contributed by atoms with Gasteiger partial charge in [0.15, 0.2) is 0 Å². The first-order valence-corrected chi connectivity index (χ1v) is 8.46. The van der Waals surface area contributed by atoms with E-state index in [0.717, 1.165) is 38.3 Å². The van der Waals surface area contributed by atoms with Crippen molar-refractivity contribution in [1.29, 1.82) is 5.26 Å². The summed E-state index contributed by atoms with van der Waals surface area (Å²) < 4.78 is 0.744. The third kappa shape index (κ3) is 2.49. The molecular weight excluding hydrogens is 308 g/mol. The van der Waals surface area contributed by atoms with Crippen molar-refractivity contribution in [1.82, 2.24) is 0 Å². The van der Waals surface area contributed by atoms with Gasteiger partial charge < -0.3 is 5.32 Å². The fourth-order valence-corrected chi connectivity index (χ4v) is 4.68. The molecule has 0 amide bonds. The fraction of sp³-hybridized carbons (Fsp3) is 0.267. The number of nitriles is 1. The third-order valence-corrected chi connectivity index (χ3v) is 5.92. The number of nitrogens with one attached hydrogen (secondary N) is 1.